The van der Waals surface area contributed by atoms with Crippen LogP contribution >= 0.6 is 0 Å². The van der Waals surface area contributed by atoms with E-state index < -0.39 is 29.2 Å². The van der Waals surface area contributed by atoms with Crippen LogP contribution in [0.15, 0.2) is 0 Å². The van der Waals surface area contributed by atoms with Crippen LogP contribution in [0.2, 0.25) is 0 Å². The number of aromatic nitrogens is 1. The predicted octanol–water partition coefficient (Wildman–Crippen LogP) is 2.56. The molecule has 0 bridgehead atoms. The summed E-state index contributed by atoms with van der Waals surface area (Å²) >= 11 is 0. The first-order valence-electron chi connectivity index (χ1n) is 6.37. The van der Waals surface area contributed by atoms with Crippen LogP contribution in [0.25, 0.3) is 0 Å². The SMILES string of the molecule is CN(CC1(N(C)C)CCC1)c1c(F)c(F)nc(F)c1F. The molecule has 3 nitrogen and oxygen atoms in total. The van der Waals surface area contributed by atoms with Crippen molar-refractivity contribution < 1.29 is 17.6 Å². The molecule has 2 rings (SSSR count). The molecule has 1 fully saturated rings. The number of pyridine rings is 1. The number of anilines is 1. The molecular weight excluding hydrogens is 274 g/mol. The van der Waals surface area contributed by atoms with E-state index in [-0.39, 0.29) is 12.1 Å². The fraction of sp³-hybridized carbons (Fsp3) is 0.615. The van der Waals surface area contributed by atoms with E-state index in [0.717, 1.165) is 19.3 Å². The summed E-state index contributed by atoms with van der Waals surface area (Å²) < 4.78 is 53.7. The summed E-state index contributed by atoms with van der Waals surface area (Å²) in [4.78, 5) is 5.76. The van der Waals surface area contributed by atoms with Crippen molar-refractivity contribution in [3.05, 3.63) is 23.5 Å². The molecule has 0 N–H and O–H groups in total. The molecule has 0 aliphatic heterocycles. The van der Waals surface area contributed by atoms with Crippen LogP contribution in [-0.2, 0) is 0 Å². The van der Waals surface area contributed by atoms with Crippen LogP contribution in [0.1, 0.15) is 19.3 Å². The van der Waals surface area contributed by atoms with E-state index in [0.29, 0.717) is 0 Å². The lowest BCUT2D eigenvalue weighted by molar-refractivity contribution is 0.0680. The van der Waals surface area contributed by atoms with Crippen LogP contribution in [0.4, 0.5) is 23.2 Å². The molecule has 1 aliphatic carbocycles. The monoisotopic (exact) mass is 291 g/mol. The van der Waals surface area contributed by atoms with E-state index in [9.17, 15) is 17.6 Å². The summed E-state index contributed by atoms with van der Waals surface area (Å²) in [5.41, 5.74) is -0.924. The third-order valence-corrected chi connectivity index (χ3v) is 4.12. The molecule has 1 aromatic rings. The molecule has 1 aromatic heterocycles. The normalized spacial score (nSPS) is 17.2. The van der Waals surface area contributed by atoms with Gasteiger partial charge in [-0.1, -0.05) is 0 Å². The Morgan fingerprint density at radius 3 is 1.85 bits per heavy atom. The van der Waals surface area contributed by atoms with E-state index in [1.165, 1.54) is 11.9 Å². The summed E-state index contributed by atoms with van der Waals surface area (Å²) in [5, 5.41) is 0. The Hall–Kier alpha value is -1.37. The van der Waals surface area contributed by atoms with Gasteiger partial charge >= 0.3 is 0 Å². The standard InChI is InChI=1S/C13H17F4N3/c1-19(2)13(5-4-6-13)7-20(3)10-8(14)11(16)18-12(17)9(10)15/h4-7H2,1-3H3. The third kappa shape index (κ3) is 2.34. The van der Waals surface area contributed by atoms with Crippen LogP contribution in [0.3, 0.4) is 0 Å². The minimum Gasteiger partial charge on any atom is -0.368 e. The predicted molar refractivity (Wildman–Crippen MR) is 67.6 cm³/mol. The van der Waals surface area contributed by atoms with Crippen LogP contribution in [-0.4, -0.2) is 43.1 Å². The van der Waals surface area contributed by atoms with Gasteiger partial charge in [0.1, 0.15) is 5.69 Å². The lowest BCUT2D eigenvalue weighted by atomic mass is 9.75. The highest BCUT2D eigenvalue weighted by Gasteiger charge is 2.41. The molecule has 1 aliphatic rings. The quantitative estimate of drug-likeness (QED) is 0.628. The topological polar surface area (TPSA) is 19.4 Å². The number of rotatable bonds is 4. The van der Waals surface area contributed by atoms with Gasteiger partial charge in [-0.3, -0.25) is 0 Å². The van der Waals surface area contributed by atoms with Crippen molar-refractivity contribution in [2.24, 2.45) is 0 Å². The lowest BCUT2D eigenvalue weighted by Crippen LogP contribution is -2.57. The van der Waals surface area contributed by atoms with Gasteiger partial charge in [-0.15, -0.1) is 0 Å². The maximum absolute atomic E-state index is 13.7. The molecular formula is C13H17F4N3. The van der Waals surface area contributed by atoms with Crippen molar-refractivity contribution in [2.75, 3.05) is 32.6 Å². The molecule has 7 heteroatoms. The Morgan fingerprint density at radius 2 is 1.50 bits per heavy atom. The smallest absolute Gasteiger partial charge is 0.253 e. The summed E-state index contributed by atoms with van der Waals surface area (Å²) in [6, 6.07) is 0. The zero-order valence-electron chi connectivity index (χ0n) is 11.7. The van der Waals surface area contributed by atoms with Crippen LogP contribution in [0.5, 0.6) is 0 Å². The molecule has 0 atom stereocenters. The van der Waals surface area contributed by atoms with Gasteiger partial charge in [-0.2, -0.15) is 22.5 Å². The molecule has 0 radical (unpaired) electrons. The number of halogens is 4. The summed E-state index contributed by atoms with van der Waals surface area (Å²) in [6.07, 6.45) is 2.78. The number of likely N-dealkylation sites (N-methyl/N-ethyl adjacent to an activating group) is 2. The zero-order chi connectivity index (χ0) is 15.1. The van der Waals surface area contributed by atoms with Gasteiger partial charge in [-0.25, -0.2) is 0 Å². The summed E-state index contributed by atoms with van der Waals surface area (Å²) in [6.45, 7) is 0.288. The number of hydrogen-bond acceptors (Lipinski definition) is 3. The van der Waals surface area contributed by atoms with Crippen LogP contribution < -0.4 is 4.90 Å². The van der Waals surface area contributed by atoms with E-state index in [4.69, 9.17) is 0 Å². The minimum absolute atomic E-state index is 0.218. The van der Waals surface area contributed by atoms with Gasteiger partial charge < -0.3 is 9.80 Å². The Bertz CT molecular complexity index is 489. The second kappa shape index (κ2) is 5.20. The van der Waals surface area contributed by atoms with E-state index in [2.05, 4.69) is 4.98 Å². The molecule has 0 unspecified atom stereocenters. The molecule has 0 aromatic carbocycles. The average Bonchev–Trinajstić information content (AvgIpc) is 2.31. The maximum atomic E-state index is 13.7. The second-order valence-corrected chi connectivity index (χ2v) is 5.50. The third-order valence-electron chi connectivity index (χ3n) is 4.12. The van der Waals surface area contributed by atoms with Crippen molar-refractivity contribution in [1.29, 1.82) is 0 Å². The van der Waals surface area contributed by atoms with E-state index in [1.807, 2.05) is 19.0 Å². The Labute approximate surface area is 115 Å². The highest BCUT2D eigenvalue weighted by Crippen LogP contribution is 2.38. The van der Waals surface area contributed by atoms with Gasteiger partial charge in [0.15, 0.2) is 0 Å². The summed E-state index contributed by atoms with van der Waals surface area (Å²) in [7, 11) is 5.19. The van der Waals surface area contributed by atoms with E-state index >= 15 is 0 Å². The molecule has 1 saturated carbocycles. The van der Waals surface area contributed by atoms with Gasteiger partial charge in [0.2, 0.25) is 11.6 Å². The van der Waals surface area contributed by atoms with Gasteiger partial charge in [0, 0.05) is 19.1 Å². The fourth-order valence-electron chi connectivity index (χ4n) is 2.66. The number of hydrogen-bond donors (Lipinski definition) is 0. The highest BCUT2D eigenvalue weighted by atomic mass is 19.2. The first-order valence-corrected chi connectivity index (χ1v) is 6.37. The minimum atomic E-state index is -1.63. The molecule has 20 heavy (non-hydrogen) atoms. The average molecular weight is 291 g/mol. The van der Waals surface area contributed by atoms with Crippen molar-refractivity contribution in [1.82, 2.24) is 9.88 Å². The molecule has 0 saturated heterocycles. The number of nitrogens with zero attached hydrogens (tertiary/aromatic N) is 3. The zero-order valence-corrected chi connectivity index (χ0v) is 11.7. The van der Waals surface area contributed by atoms with Crippen molar-refractivity contribution >= 4 is 5.69 Å². The Balaban J connectivity index is 2.32. The first-order chi connectivity index (χ1) is 9.28. The van der Waals surface area contributed by atoms with Crippen molar-refractivity contribution in [3.8, 4) is 0 Å². The van der Waals surface area contributed by atoms with Crippen molar-refractivity contribution in [3.63, 3.8) is 0 Å². The molecule has 112 valence electrons. The Kier molecular flexibility index (Phi) is 3.90. The van der Waals surface area contributed by atoms with Gasteiger partial charge in [0.25, 0.3) is 11.9 Å². The molecule has 0 spiro atoms. The second-order valence-electron chi connectivity index (χ2n) is 5.50. The summed E-state index contributed by atoms with van der Waals surface area (Å²) in [5.74, 6) is -6.17. The molecule has 0 amide bonds. The van der Waals surface area contributed by atoms with Gasteiger partial charge in [0.05, 0.1) is 0 Å². The fourth-order valence-corrected chi connectivity index (χ4v) is 2.66. The lowest BCUT2D eigenvalue weighted by Gasteiger charge is -2.49. The Morgan fingerprint density at radius 1 is 1.00 bits per heavy atom. The largest absolute Gasteiger partial charge is 0.368 e. The van der Waals surface area contributed by atoms with Crippen LogP contribution in [0, 0.1) is 23.5 Å². The highest BCUT2D eigenvalue weighted by molar-refractivity contribution is 5.48. The molecule has 1 heterocycles. The van der Waals surface area contributed by atoms with Crippen molar-refractivity contribution in [2.45, 2.75) is 24.8 Å². The first kappa shape index (κ1) is 15.0. The van der Waals surface area contributed by atoms with E-state index in [1.54, 1.807) is 0 Å². The maximum Gasteiger partial charge on any atom is 0.253 e. The van der Waals surface area contributed by atoms with Gasteiger partial charge in [-0.05, 0) is 33.4 Å².